The van der Waals surface area contributed by atoms with Gasteiger partial charge >= 0.3 is 0 Å². The highest BCUT2D eigenvalue weighted by molar-refractivity contribution is 7.86. The number of carbonyl (C=O) groups excluding carboxylic acids is 3. The summed E-state index contributed by atoms with van der Waals surface area (Å²) < 4.78 is 23.2. The zero-order valence-corrected chi connectivity index (χ0v) is 20.9. The number of amides is 3. The van der Waals surface area contributed by atoms with Crippen LogP contribution >= 0.6 is 0 Å². The molecule has 1 saturated carbocycles. The first-order valence-corrected chi connectivity index (χ1v) is 13.6. The standard InChI is InChI=1S/C26H31N3O6S/c30-24(27-20-9-5-2-6-10-20)15-29(14-19-7-3-1-4-8-19)26(32)17-36(33)16-25(31)28-21-11-12-22-23(13-21)35-18-34-22/h1,3-4,7-8,11-13,20H,2,5-6,9-10,14-18H2,(H,27,30)(H,28,31). The molecule has 1 aliphatic carbocycles. The third-order valence-electron chi connectivity index (χ3n) is 6.11. The van der Waals surface area contributed by atoms with Crippen molar-refractivity contribution in [2.45, 2.75) is 44.7 Å². The lowest BCUT2D eigenvalue weighted by molar-refractivity contribution is -0.135. The SMILES string of the molecule is O=C(CS(=O)CC(=O)N(CC(=O)NC1CCCCC1)Cc1ccccc1)Nc1ccc2c(c1)OCO2. The summed E-state index contributed by atoms with van der Waals surface area (Å²) >= 11 is 0. The highest BCUT2D eigenvalue weighted by atomic mass is 32.2. The van der Waals surface area contributed by atoms with Crippen LogP contribution in [0.15, 0.2) is 48.5 Å². The molecule has 1 fully saturated rings. The Bertz CT molecular complexity index is 1100. The van der Waals surface area contributed by atoms with Crippen LogP contribution in [0.3, 0.4) is 0 Å². The fourth-order valence-corrected chi connectivity index (χ4v) is 5.25. The van der Waals surface area contributed by atoms with Crippen LogP contribution in [0.2, 0.25) is 0 Å². The molecule has 0 aromatic heterocycles. The number of carbonyl (C=O) groups is 3. The minimum atomic E-state index is -1.74. The van der Waals surface area contributed by atoms with Crippen molar-refractivity contribution in [1.29, 1.82) is 0 Å². The smallest absolute Gasteiger partial charge is 0.239 e. The summed E-state index contributed by atoms with van der Waals surface area (Å²) in [5, 5.41) is 5.69. The van der Waals surface area contributed by atoms with Crippen molar-refractivity contribution in [1.82, 2.24) is 10.2 Å². The van der Waals surface area contributed by atoms with Gasteiger partial charge in [-0.1, -0.05) is 49.6 Å². The van der Waals surface area contributed by atoms with Gasteiger partial charge in [0.1, 0.15) is 11.5 Å². The first-order chi connectivity index (χ1) is 17.5. The number of hydrogen-bond donors (Lipinski definition) is 2. The topological polar surface area (TPSA) is 114 Å². The van der Waals surface area contributed by atoms with Gasteiger partial charge in [-0.05, 0) is 30.5 Å². The summed E-state index contributed by atoms with van der Waals surface area (Å²) in [7, 11) is -1.74. The zero-order chi connectivity index (χ0) is 25.3. The summed E-state index contributed by atoms with van der Waals surface area (Å²) in [4.78, 5) is 39.5. The molecule has 0 spiro atoms. The van der Waals surface area contributed by atoms with E-state index >= 15 is 0 Å². The Morgan fingerprint density at radius 3 is 2.44 bits per heavy atom. The molecule has 9 nitrogen and oxygen atoms in total. The van der Waals surface area contributed by atoms with Gasteiger partial charge < -0.3 is 25.0 Å². The molecule has 0 radical (unpaired) electrons. The summed E-state index contributed by atoms with van der Waals surface area (Å²) in [5.74, 6) is -0.722. The van der Waals surface area contributed by atoms with Gasteiger partial charge in [0.2, 0.25) is 24.5 Å². The number of anilines is 1. The lowest BCUT2D eigenvalue weighted by atomic mass is 9.95. The molecule has 2 aliphatic rings. The predicted octanol–water partition coefficient (Wildman–Crippen LogP) is 2.58. The van der Waals surface area contributed by atoms with Crippen LogP contribution in [0.1, 0.15) is 37.7 Å². The fourth-order valence-electron chi connectivity index (χ4n) is 4.33. The number of fused-ring (bicyclic) bond motifs is 1. The van der Waals surface area contributed by atoms with Crippen molar-refractivity contribution in [2.24, 2.45) is 0 Å². The second-order valence-electron chi connectivity index (χ2n) is 8.98. The average Bonchev–Trinajstić information content (AvgIpc) is 3.32. The second kappa shape index (κ2) is 12.5. The molecule has 0 bridgehead atoms. The van der Waals surface area contributed by atoms with Gasteiger partial charge in [0, 0.05) is 35.1 Å². The second-order valence-corrected chi connectivity index (χ2v) is 10.4. The van der Waals surface area contributed by atoms with Gasteiger partial charge in [-0.15, -0.1) is 0 Å². The molecule has 1 aliphatic heterocycles. The van der Waals surface area contributed by atoms with Gasteiger partial charge in [-0.25, -0.2) is 0 Å². The monoisotopic (exact) mass is 513 g/mol. The normalized spacial score (nSPS) is 15.7. The van der Waals surface area contributed by atoms with Crippen LogP contribution < -0.4 is 20.1 Å². The summed E-state index contributed by atoms with van der Waals surface area (Å²) in [5.41, 5.74) is 1.35. The van der Waals surface area contributed by atoms with E-state index in [0.717, 1.165) is 31.2 Å². The largest absolute Gasteiger partial charge is 0.454 e. The molecule has 36 heavy (non-hydrogen) atoms. The van der Waals surface area contributed by atoms with Crippen molar-refractivity contribution in [2.75, 3.05) is 30.2 Å². The number of ether oxygens (including phenoxy) is 2. The molecule has 3 amide bonds. The van der Waals surface area contributed by atoms with E-state index in [1.807, 2.05) is 30.3 Å². The average molecular weight is 514 g/mol. The lowest BCUT2D eigenvalue weighted by Gasteiger charge is -2.26. The maximum absolute atomic E-state index is 13.0. The molecule has 1 heterocycles. The Morgan fingerprint density at radius 1 is 0.917 bits per heavy atom. The third kappa shape index (κ3) is 7.55. The van der Waals surface area contributed by atoms with Crippen LogP contribution in [-0.2, 0) is 31.7 Å². The summed E-state index contributed by atoms with van der Waals surface area (Å²) in [6.07, 6.45) is 5.25. The molecular formula is C26H31N3O6S. The Labute approximate surface area is 213 Å². The molecule has 1 unspecified atom stereocenters. The van der Waals surface area contributed by atoms with Crippen molar-refractivity contribution < 1.29 is 28.1 Å². The minimum absolute atomic E-state index is 0.120. The number of nitrogens with zero attached hydrogens (tertiary/aromatic N) is 1. The van der Waals surface area contributed by atoms with Gasteiger partial charge in [-0.3, -0.25) is 18.6 Å². The Morgan fingerprint density at radius 2 is 1.67 bits per heavy atom. The zero-order valence-electron chi connectivity index (χ0n) is 20.1. The van der Waals surface area contributed by atoms with Crippen molar-refractivity contribution in [3.05, 3.63) is 54.1 Å². The highest BCUT2D eigenvalue weighted by Gasteiger charge is 2.23. The Kier molecular flexibility index (Phi) is 8.94. The molecular weight excluding hydrogens is 482 g/mol. The molecule has 2 aromatic rings. The number of nitrogens with one attached hydrogen (secondary N) is 2. The number of hydrogen-bond acceptors (Lipinski definition) is 6. The molecule has 10 heteroatoms. The van der Waals surface area contributed by atoms with E-state index in [2.05, 4.69) is 10.6 Å². The maximum Gasteiger partial charge on any atom is 0.239 e. The maximum atomic E-state index is 13.0. The lowest BCUT2D eigenvalue weighted by Crippen LogP contribution is -2.45. The Hall–Kier alpha value is -3.40. The van der Waals surface area contributed by atoms with Gasteiger partial charge in [0.25, 0.3) is 0 Å². The van der Waals surface area contributed by atoms with Gasteiger partial charge in [0.15, 0.2) is 11.5 Å². The van der Waals surface area contributed by atoms with E-state index in [-0.39, 0.29) is 43.3 Å². The highest BCUT2D eigenvalue weighted by Crippen LogP contribution is 2.34. The van der Waals surface area contributed by atoms with E-state index in [4.69, 9.17) is 9.47 Å². The predicted molar refractivity (Wildman–Crippen MR) is 136 cm³/mol. The molecule has 0 saturated heterocycles. The molecule has 4 rings (SSSR count). The fraction of sp³-hybridized carbons (Fsp3) is 0.423. The van der Waals surface area contributed by atoms with Crippen molar-refractivity contribution >= 4 is 34.2 Å². The molecule has 192 valence electrons. The molecule has 1 atom stereocenters. The van der Waals surface area contributed by atoms with Crippen molar-refractivity contribution in [3.63, 3.8) is 0 Å². The van der Waals surface area contributed by atoms with E-state index in [1.165, 1.54) is 11.3 Å². The third-order valence-corrected chi connectivity index (χ3v) is 7.26. The van der Waals surface area contributed by atoms with Crippen LogP contribution in [0.4, 0.5) is 5.69 Å². The summed E-state index contributed by atoms with van der Waals surface area (Å²) in [6.45, 7) is 0.222. The van der Waals surface area contributed by atoms with E-state index < -0.39 is 22.6 Å². The van der Waals surface area contributed by atoms with Crippen molar-refractivity contribution in [3.8, 4) is 11.5 Å². The Balaban J connectivity index is 1.32. The first kappa shape index (κ1) is 25.7. The van der Waals surface area contributed by atoms with Crippen LogP contribution in [0, 0.1) is 0 Å². The van der Waals surface area contributed by atoms with E-state index in [0.29, 0.717) is 17.2 Å². The number of rotatable bonds is 10. The molecule has 2 aromatic carbocycles. The van der Waals surface area contributed by atoms with E-state index in [1.54, 1.807) is 18.2 Å². The van der Waals surface area contributed by atoms with Gasteiger partial charge in [0.05, 0.1) is 6.54 Å². The van der Waals surface area contributed by atoms with Crippen LogP contribution in [0.25, 0.3) is 0 Å². The number of benzene rings is 2. The van der Waals surface area contributed by atoms with E-state index in [9.17, 15) is 18.6 Å². The van der Waals surface area contributed by atoms with Crippen LogP contribution in [-0.4, -0.2) is 57.7 Å². The minimum Gasteiger partial charge on any atom is -0.454 e. The van der Waals surface area contributed by atoms with Gasteiger partial charge in [-0.2, -0.15) is 0 Å². The quantitative estimate of drug-likeness (QED) is 0.505. The summed E-state index contributed by atoms with van der Waals surface area (Å²) in [6, 6.07) is 14.4. The first-order valence-electron chi connectivity index (χ1n) is 12.1. The van der Waals surface area contributed by atoms with Crippen LogP contribution in [0.5, 0.6) is 11.5 Å². The molecule has 2 N–H and O–H groups in total.